The third-order valence-corrected chi connectivity index (χ3v) is 8.53. The van der Waals surface area contributed by atoms with E-state index in [9.17, 15) is 13.2 Å². The molecule has 0 atom stereocenters. The van der Waals surface area contributed by atoms with Crippen molar-refractivity contribution in [3.05, 3.63) is 77.7 Å². The molecule has 1 fully saturated rings. The lowest BCUT2D eigenvalue weighted by atomic mass is 10.0. The molecule has 2 aliphatic heterocycles. The third-order valence-electron chi connectivity index (χ3n) is 6.85. The first kappa shape index (κ1) is 22.5. The Hall–Kier alpha value is -3.26. The molecule has 0 aliphatic carbocycles. The van der Waals surface area contributed by atoms with Crippen LogP contribution in [0.1, 0.15) is 34.5 Å². The molecule has 34 heavy (non-hydrogen) atoms. The second kappa shape index (κ2) is 9.18. The van der Waals surface area contributed by atoms with Gasteiger partial charge in [-0.3, -0.25) is 4.79 Å². The van der Waals surface area contributed by atoms with Gasteiger partial charge in [0.25, 0.3) is 5.91 Å². The summed E-state index contributed by atoms with van der Waals surface area (Å²) in [6, 6.07) is 17.9. The van der Waals surface area contributed by atoms with E-state index in [4.69, 9.17) is 0 Å². The van der Waals surface area contributed by atoms with Gasteiger partial charge in [-0.1, -0.05) is 42.5 Å². The van der Waals surface area contributed by atoms with Gasteiger partial charge in [0.15, 0.2) is 0 Å². The summed E-state index contributed by atoms with van der Waals surface area (Å²) < 4.78 is 23.9. The molecule has 1 saturated heterocycles. The summed E-state index contributed by atoms with van der Waals surface area (Å²) in [5, 5.41) is -0.293. The quantitative estimate of drug-likeness (QED) is 0.574. The maximum absolute atomic E-state index is 13.3. The summed E-state index contributed by atoms with van der Waals surface area (Å²) in [4.78, 5) is 26.3. The van der Waals surface area contributed by atoms with Crippen LogP contribution in [0.2, 0.25) is 0 Å². The minimum atomic E-state index is -3.03. The van der Waals surface area contributed by atoms with Gasteiger partial charge in [0.2, 0.25) is 0 Å². The molecule has 0 saturated carbocycles. The Morgan fingerprint density at radius 3 is 2.26 bits per heavy atom. The largest absolute Gasteiger partial charge is 0.356 e. The number of fused-ring (bicyclic) bond motifs is 1. The number of carbonyl (C=O) groups is 1. The minimum Gasteiger partial charge on any atom is -0.356 e. The lowest BCUT2D eigenvalue weighted by molar-refractivity contribution is 0.0733. The highest BCUT2D eigenvalue weighted by atomic mass is 32.2. The summed E-state index contributed by atoms with van der Waals surface area (Å²) in [6.07, 6.45) is 4.76. The minimum absolute atomic E-state index is 0.00384. The van der Waals surface area contributed by atoms with Crippen LogP contribution in [0.5, 0.6) is 0 Å². The van der Waals surface area contributed by atoms with Gasteiger partial charge in [0.1, 0.15) is 22.0 Å². The zero-order valence-corrected chi connectivity index (χ0v) is 20.0. The summed E-state index contributed by atoms with van der Waals surface area (Å²) in [5.74, 6) is 0.824. The number of sulfone groups is 1. The molecule has 0 bridgehead atoms. The average Bonchev–Trinajstić information content (AvgIpc) is 2.88. The van der Waals surface area contributed by atoms with E-state index in [0.29, 0.717) is 51.0 Å². The zero-order valence-electron chi connectivity index (χ0n) is 19.2. The highest BCUT2D eigenvalue weighted by molar-refractivity contribution is 7.91. The van der Waals surface area contributed by atoms with E-state index in [1.807, 2.05) is 47.4 Å². The molecule has 0 N–H and O–H groups in total. The molecule has 7 nitrogen and oxygen atoms in total. The van der Waals surface area contributed by atoms with E-state index in [1.165, 1.54) is 6.26 Å². The second-order valence-electron chi connectivity index (χ2n) is 9.06. The molecule has 2 aromatic carbocycles. The Kier molecular flexibility index (Phi) is 6.08. The van der Waals surface area contributed by atoms with Crippen LogP contribution in [0, 0.1) is 0 Å². The van der Waals surface area contributed by atoms with Crippen molar-refractivity contribution < 1.29 is 13.2 Å². The molecule has 1 amide bonds. The molecule has 0 radical (unpaired) electrons. The summed E-state index contributed by atoms with van der Waals surface area (Å²) in [6.45, 7) is 2.34. The van der Waals surface area contributed by atoms with Gasteiger partial charge in [-0.2, -0.15) is 0 Å². The fourth-order valence-electron chi connectivity index (χ4n) is 4.89. The number of amides is 1. The molecular formula is C26H28N4O3S. The van der Waals surface area contributed by atoms with Gasteiger partial charge in [-0.15, -0.1) is 0 Å². The Morgan fingerprint density at radius 2 is 1.59 bits per heavy atom. The lowest BCUT2D eigenvalue weighted by Gasteiger charge is -2.36. The highest BCUT2D eigenvalue weighted by Crippen LogP contribution is 2.30. The van der Waals surface area contributed by atoms with Crippen LogP contribution in [0.25, 0.3) is 11.1 Å². The van der Waals surface area contributed by atoms with Gasteiger partial charge in [0, 0.05) is 43.4 Å². The molecule has 3 heterocycles. The van der Waals surface area contributed by atoms with Crippen molar-refractivity contribution >= 4 is 21.6 Å². The van der Waals surface area contributed by atoms with Crippen molar-refractivity contribution in [3.8, 4) is 11.1 Å². The Bertz CT molecular complexity index is 1290. The highest BCUT2D eigenvalue weighted by Gasteiger charge is 2.31. The molecule has 3 aromatic rings. The molecule has 0 unspecified atom stereocenters. The number of nitrogens with zero attached hydrogens (tertiary/aromatic N) is 4. The summed E-state index contributed by atoms with van der Waals surface area (Å²) in [5.41, 5.74) is 4.80. The van der Waals surface area contributed by atoms with Gasteiger partial charge in [-0.05, 0) is 36.1 Å². The number of piperidine rings is 1. The van der Waals surface area contributed by atoms with Crippen molar-refractivity contribution in [1.82, 2.24) is 14.9 Å². The average molecular weight is 477 g/mol. The Labute approximate surface area is 200 Å². The maximum atomic E-state index is 13.3. The van der Waals surface area contributed by atoms with Crippen LogP contribution in [0.3, 0.4) is 0 Å². The van der Waals surface area contributed by atoms with Crippen molar-refractivity contribution in [3.63, 3.8) is 0 Å². The van der Waals surface area contributed by atoms with Crippen molar-refractivity contribution in [2.24, 2.45) is 0 Å². The first-order valence-corrected chi connectivity index (χ1v) is 13.6. The molecule has 8 heteroatoms. The van der Waals surface area contributed by atoms with Gasteiger partial charge in [-0.25, -0.2) is 18.4 Å². The number of hydrogen-bond acceptors (Lipinski definition) is 6. The van der Waals surface area contributed by atoms with Crippen LogP contribution in [-0.2, 0) is 22.8 Å². The Balaban J connectivity index is 1.32. The summed E-state index contributed by atoms with van der Waals surface area (Å²) in [7, 11) is -3.03. The summed E-state index contributed by atoms with van der Waals surface area (Å²) >= 11 is 0. The van der Waals surface area contributed by atoms with Crippen molar-refractivity contribution in [2.45, 2.75) is 31.1 Å². The topological polar surface area (TPSA) is 83.5 Å². The van der Waals surface area contributed by atoms with Crippen LogP contribution >= 0.6 is 0 Å². The van der Waals surface area contributed by atoms with E-state index < -0.39 is 9.84 Å². The monoisotopic (exact) mass is 476 g/mol. The molecular weight excluding hydrogens is 448 g/mol. The molecule has 2 aliphatic rings. The number of carbonyl (C=O) groups excluding carboxylic acids is 1. The number of aromatic nitrogens is 2. The number of anilines is 1. The van der Waals surface area contributed by atoms with Crippen molar-refractivity contribution in [1.29, 1.82) is 0 Å². The first-order valence-electron chi connectivity index (χ1n) is 11.6. The maximum Gasteiger partial charge on any atom is 0.254 e. The fourth-order valence-corrected chi connectivity index (χ4v) is 5.95. The SMILES string of the molecule is CS(=O)(=O)C1CCN(c2ncnc3c2CN(C(=O)c2ccc(-c4ccccc4)cc2)CC3)CC1. The Morgan fingerprint density at radius 1 is 0.912 bits per heavy atom. The third kappa shape index (κ3) is 4.55. The molecule has 1 aromatic heterocycles. The lowest BCUT2D eigenvalue weighted by Crippen LogP contribution is -2.42. The van der Waals surface area contributed by atoms with E-state index in [2.05, 4.69) is 27.0 Å². The number of hydrogen-bond donors (Lipinski definition) is 0. The molecule has 176 valence electrons. The van der Waals surface area contributed by atoms with Gasteiger partial charge < -0.3 is 9.80 Å². The van der Waals surface area contributed by atoms with E-state index in [1.54, 1.807) is 6.33 Å². The predicted octanol–water partition coefficient (Wildman–Crippen LogP) is 3.36. The fraction of sp³-hybridized carbons (Fsp3) is 0.346. The van der Waals surface area contributed by atoms with Crippen LogP contribution < -0.4 is 4.90 Å². The second-order valence-corrected chi connectivity index (χ2v) is 11.4. The normalized spacial score (nSPS) is 16.9. The van der Waals surface area contributed by atoms with E-state index in [-0.39, 0.29) is 11.2 Å². The smallest absolute Gasteiger partial charge is 0.254 e. The van der Waals surface area contributed by atoms with E-state index in [0.717, 1.165) is 28.2 Å². The molecule has 5 rings (SSSR count). The molecule has 0 spiro atoms. The van der Waals surface area contributed by atoms with Gasteiger partial charge >= 0.3 is 0 Å². The standard InChI is InChI=1S/C26H28N4O3S/c1-34(32,33)22-11-14-29(15-12-22)25-23-17-30(16-13-24(23)27-18-28-25)26(31)21-9-7-20(8-10-21)19-5-3-2-4-6-19/h2-10,18,22H,11-17H2,1H3. The van der Waals surface area contributed by atoms with Crippen LogP contribution in [-0.4, -0.2) is 60.3 Å². The van der Waals surface area contributed by atoms with Gasteiger partial charge in [0.05, 0.1) is 17.5 Å². The van der Waals surface area contributed by atoms with Crippen LogP contribution in [0.15, 0.2) is 60.9 Å². The number of rotatable bonds is 4. The predicted molar refractivity (Wildman–Crippen MR) is 132 cm³/mol. The van der Waals surface area contributed by atoms with Crippen molar-refractivity contribution in [2.75, 3.05) is 30.8 Å². The number of benzene rings is 2. The first-order chi connectivity index (χ1) is 16.4. The van der Waals surface area contributed by atoms with Crippen LogP contribution in [0.4, 0.5) is 5.82 Å². The zero-order chi connectivity index (χ0) is 23.7. The van der Waals surface area contributed by atoms with E-state index >= 15 is 0 Å².